The summed E-state index contributed by atoms with van der Waals surface area (Å²) in [5.74, 6) is 2.33. The van der Waals surface area contributed by atoms with Gasteiger partial charge in [-0.25, -0.2) is 9.97 Å². The van der Waals surface area contributed by atoms with E-state index in [0.29, 0.717) is 5.82 Å². The summed E-state index contributed by atoms with van der Waals surface area (Å²) in [6.45, 7) is 0. The van der Waals surface area contributed by atoms with Crippen LogP contribution in [0.25, 0.3) is 117 Å². The molecule has 0 fully saturated rings. The maximum absolute atomic E-state index is 5.57. The van der Waals surface area contributed by atoms with E-state index in [1.165, 1.54) is 44.3 Å². The van der Waals surface area contributed by atoms with E-state index in [9.17, 15) is 0 Å². The van der Waals surface area contributed by atoms with Crippen LogP contribution in [-0.4, -0.2) is 29.1 Å². The van der Waals surface area contributed by atoms with Gasteiger partial charge in [-0.1, -0.05) is 97.1 Å². The Kier molecular flexibility index (Phi) is 5.91. The van der Waals surface area contributed by atoms with Crippen LogP contribution < -0.4 is 0 Å². The molecule has 0 saturated carbocycles. The van der Waals surface area contributed by atoms with E-state index in [1.54, 1.807) is 0 Å². The molecule has 0 N–H and O–H groups in total. The average Bonchev–Trinajstić information content (AvgIpc) is 3.91. The van der Waals surface area contributed by atoms with Crippen molar-refractivity contribution >= 4 is 71.4 Å². The van der Waals surface area contributed by atoms with Crippen molar-refractivity contribution in [3.8, 4) is 45.3 Å². The molecule has 260 valence electrons. The van der Waals surface area contributed by atoms with Crippen LogP contribution in [0.1, 0.15) is 17.7 Å². The molecule has 2 aliphatic carbocycles. The van der Waals surface area contributed by atoms with Gasteiger partial charge in [0.25, 0.3) is 0 Å². The molecule has 0 aliphatic heterocycles. The number of nitrogens with zero attached hydrogens (tertiary/aromatic N) is 6. The van der Waals surface area contributed by atoms with Crippen molar-refractivity contribution in [1.82, 2.24) is 29.1 Å². The zero-order valence-electron chi connectivity index (χ0n) is 30.1. The summed E-state index contributed by atoms with van der Waals surface area (Å²) in [7, 11) is 0. The lowest BCUT2D eigenvalue weighted by Crippen LogP contribution is -2.09. The molecule has 0 spiro atoms. The molecule has 2 aliphatic rings. The van der Waals surface area contributed by atoms with E-state index in [2.05, 4.69) is 143 Å². The SMILES string of the molecule is C1=Cc2c(n(-c3cc(-n4c5ccccc5c5c6cccnc6ccc54)nc(-c4ccc5c6c(cccc46)-c4ccccc4-5)n3)c3ccc4cccnc4c23)CC1. The molecule has 56 heavy (non-hydrogen) atoms. The fourth-order valence-corrected chi connectivity index (χ4v) is 9.75. The van der Waals surface area contributed by atoms with Crippen LogP contribution in [0.5, 0.6) is 0 Å². The van der Waals surface area contributed by atoms with Crippen molar-refractivity contribution in [2.24, 2.45) is 0 Å². The summed E-state index contributed by atoms with van der Waals surface area (Å²) in [5.41, 5.74) is 13.8. The van der Waals surface area contributed by atoms with Crippen LogP contribution in [0, 0.1) is 0 Å². The maximum atomic E-state index is 5.57. The van der Waals surface area contributed by atoms with E-state index in [0.717, 1.165) is 84.6 Å². The van der Waals surface area contributed by atoms with Gasteiger partial charge >= 0.3 is 0 Å². The van der Waals surface area contributed by atoms with Gasteiger partial charge in [0.05, 0.1) is 27.6 Å². The average molecular weight is 715 g/mol. The van der Waals surface area contributed by atoms with Gasteiger partial charge in [0.1, 0.15) is 11.6 Å². The smallest absolute Gasteiger partial charge is 0.164 e. The van der Waals surface area contributed by atoms with Crippen LogP contribution >= 0.6 is 0 Å². The van der Waals surface area contributed by atoms with E-state index < -0.39 is 0 Å². The summed E-state index contributed by atoms with van der Waals surface area (Å²) in [5, 5.41) is 8.15. The standard InChI is InChI=1S/C50H30N6/c1-2-12-31-30(11-1)32-15-7-16-33-35(22-21-34(31)46(32)33)50-53-44(55-40-18-5-3-13-37(40)47-36-17-9-26-51-39(36)23-25-42(47)55)28-45(54-50)56-41-19-6-4-14-38(41)48-43(56)24-20-29-10-8-27-52-49(29)48/h1-5,7-18,20-28H,6,19H2. The summed E-state index contributed by atoms with van der Waals surface area (Å²) in [6.07, 6.45) is 10.2. The Morgan fingerprint density at radius 3 is 2.12 bits per heavy atom. The first kappa shape index (κ1) is 29.9. The Bertz CT molecular complexity index is 3520. The second-order valence-corrected chi connectivity index (χ2v) is 14.9. The molecule has 0 amide bonds. The molecule has 0 atom stereocenters. The first-order valence-corrected chi connectivity index (χ1v) is 19.2. The lowest BCUT2D eigenvalue weighted by Gasteiger charge is -2.17. The third-order valence-corrected chi connectivity index (χ3v) is 12.0. The molecule has 0 saturated heterocycles. The Balaban J connectivity index is 1.16. The van der Waals surface area contributed by atoms with Gasteiger partial charge in [-0.05, 0) is 88.3 Å². The monoisotopic (exact) mass is 714 g/mol. The Hall–Kier alpha value is -7.44. The normalized spacial score (nSPS) is 13.1. The van der Waals surface area contributed by atoms with Crippen molar-refractivity contribution in [1.29, 1.82) is 0 Å². The number of hydrogen-bond acceptors (Lipinski definition) is 4. The van der Waals surface area contributed by atoms with Crippen molar-refractivity contribution in [2.75, 3.05) is 0 Å². The van der Waals surface area contributed by atoms with Gasteiger partial charge in [-0.15, -0.1) is 0 Å². The van der Waals surface area contributed by atoms with Crippen molar-refractivity contribution in [2.45, 2.75) is 12.8 Å². The minimum Gasteiger partial charge on any atom is -0.297 e. The second-order valence-electron chi connectivity index (χ2n) is 14.9. The first-order valence-electron chi connectivity index (χ1n) is 19.2. The van der Waals surface area contributed by atoms with Crippen LogP contribution in [-0.2, 0) is 6.42 Å². The minimum absolute atomic E-state index is 0.686. The third kappa shape index (κ3) is 3.94. The lowest BCUT2D eigenvalue weighted by molar-refractivity contribution is 0.864. The zero-order chi connectivity index (χ0) is 36.5. The maximum Gasteiger partial charge on any atom is 0.164 e. The van der Waals surface area contributed by atoms with Crippen LogP contribution in [0.3, 0.4) is 0 Å². The Labute approximate surface area is 320 Å². The molecule has 0 unspecified atom stereocenters. The number of pyridine rings is 2. The van der Waals surface area contributed by atoms with E-state index in [4.69, 9.17) is 19.9 Å². The third-order valence-electron chi connectivity index (χ3n) is 12.0. The Morgan fingerprint density at radius 1 is 0.482 bits per heavy atom. The number of rotatable bonds is 3. The van der Waals surface area contributed by atoms with Gasteiger partial charge in [-0.2, -0.15) is 0 Å². The summed E-state index contributed by atoms with van der Waals surface area (Å²) < 4.78 is 4.69. The van der Waals surface area contributed by atoms with Crippen molar-refractivity contribution in [3.63, 3.8) is 0 Å². The van der Waals surface area contributed by atoms with Gasteiger partial charge in [0, 0.05) is 62.2 Å². The minimum atomic E-state index is 0.686. The molecular formula is C50H30N6. The highest BCUT2D eigenvalue weighted by molar-refractivity contribution is 6.21. The summed E-state index contributed by atoms with van der Waals surface area (Å²) in [4.78, 5) is 20.8. The molecule has 6 nitrogen and oxygen atoms in total. The number of hydrogen-bond donors (Lipinski definition) is 0. The number of aromatic nitrogens is 6. The van der Waals surface area contributed by atoms with E-state index in [-0.39, 0.29) is 0 Å². The molecule has 0 bridgehead atoms. The van der Waals surface area contributed by atoms with Gasteiger partial charge in [0.15, 0.2) is 5.82 Å². The largest absolute Gasteiger partial charge is 0.297 e. The summed E-state index contributed by atoms with van der Waals surface area (Å²) in [6, 6.07) is 47.8. The van der Waals surface area contributed by atoms with E-state index in [1.807, 2.05) is 24.5 Å². The van der Waals surface area contributed by atoms with Gasteiger partial charge < -0.3 is 0 Å². The number of benzene rings is 6. The molecule has 5 heterocycles. The Morgan fingerprint density at radius 2 is 1.20 bits per heavy atom. The summed E-state index contributed by atoms with van der Waals surface area (Å²) >= 11 is 0. The highest BCUT2D eigenvalue weighted by Gasteiger charge is 2.26. The number of fused-ring (bicyclic) bond motifs is 13. The fraction of sp³-hybridized carbons (Fsp3) is 0.0400. The molecule has 5 aromatic heterocycles. The second kappa shape index (κ2) is 11.1. The molecule has 6 aromatic carbocycles. The molecule has 0 radical (unpaired) electrons. The quantitative estimate of drug-likeness (QED) is 0.183. The highest BCUT2D eigenvalue weighted by atomic mass is 15.1. The molecule has 13 rings (SSSR count). The number of allylic oxidation sites excluding steroid dienone is 1. The predicted molar refractivity (Wildman–Crippen MR) is 229 cm³/mol. The van der Waals surface area contributed by atoms with Crippen molar-refractivity contribution in [3.05, 3.63) is 163 Å². The number of para-hydroxylation sites is 1. The van der Waals surface area contributed by atoms with Crippen LogP contribution in [0.4, 0.5) is 0 Å². The zero-order valence-corrected chi connectivity index (χ0v) is 30.1. The fourth-order valence-electron chi connectivity index (χ4n) is 9.75. The molecule has 6 heteroatoms. The van der Waals surface area contributed by atoms with E-state index >= 15 is 0 Å². The molecule has 11 aromatic rings. The lowest BCUT2D eigenvalue weighted by atomic mass is 9.98. The topological polar surface area (TPSA) is 61.4 Å². The first-order chi connectivity index (χ1) is 27.8. The molecular weight excluding hydrogens is 685 g/mol. The van der Waals surface area contributed by atoms with Gasteiger partial charge in [0.2, 0.25) is 0 Å². The highest BCUT2D eigenvalue weighted by Crippen LogP contribution is 2.49. The van der Waals surface area contributed by atoms with Crippen LogP contribution in [0.2, 0.25) is 0 Å². The van der Waals surface area contributed by atoms with Gasteiger partial charge in [-0.3, -0.25) is 19.1 Å². The van der Waals surface area contributed by atoms with Crippen molar-refractivity contribution < 1.29 is 0 Å². The predicted octanol–water partition coefficient (Wildman–Crippen LogP) is 12.0. The van der Waals surface area contributed by atoms with Crippen LogP contribution in [0.15, 0.2) is 152 Å².